The monoisotopic (exact) mass is 297 g/mol. The molecule has 0 radical (unpaired) electrons. The Hall–Kier alpha value is -2.23. The molecule has 4 heteroatoms. The SMILES string of the molecule is CCC(C)(C)C(=O)Nc1cc(-c2ccccn2)c(C)c(C)n1. The molecule has 0 spiro atoms. The van der Waals surface area contributed by atoms with Crippen molar-refractivity contribution in [2.24, 2.45) is 5.41 Å². The van der Waals surface area contributed by atoms with Crippen molar-refractivity contribution >= 4 is 11.7 Å². The summed E-state index contributed by atoms with van der Waals surface area (Å²) in [6.45, 7) is 9.84. The summed E-state index contributed by atoms with van der Waals surface area (Å²) in [6, 6.07) is 7.70. The number of rotatable bonds is 4. The fourth-order valence-corrected chi connectivity index (χ4v) is 2.03. The highest BCUT2D eigenvalue weighted by atomic mass is 16.2. The van der Waals surface area contributed by atoms with Gasteiger partial charge in [0, 0.05) is 22.9 Å². The normalized spacial score (nSPS) is 11.3. The number of anilines is 1. The molecular weight excluding hydrogens is 274 g/mol. The van der Waals surface area contributed by atoms with Crippen molar-refractivity contribution in [2.45, 2.75) is 41.0 Å². The van der Waals surface area contributed by atoms with Crippen LogP contribution in [0.3, 0.4) is 0 Å². The zero-order valence-electron chi connectivity index (χ0n) is 13.9. The summed E-state index contributed by atoms with van der Waals surface area (Å²) in [7, 11) is 0. The van der Waals surface area contributed by atoms with E-state index in [1.165, 1.54) is 0 Å². The highest BCUT2D eigenvalue weighted by molar-refractivity contribution is 5.94. The Morgan fingerprint density at radius 3 is 2.59 bits per heavy atom. The lowest BCUT2D eigenvalue weighted by Crippen LogP contribution is -2.30. The van der Waals surface area contributed by atoms with Crippen LogP contribution in [0.1, 0.15) is 38.4 Å². The van der Waals surface area contributed by atoms with Gasteiger partial charge in [-0.15, -0.1) is 0 Å². The molecule has 0 aliphatic carbocycles. The molecule has 2 aromatic heterocycles. The van der Waals surface area contributed by atoms with Crippen LogP contribution in [0, 0.1) is 19.3 Å². The highest BCUT2D eigenvalue weighted by Gasteiger charge is 2.25. The van der Waals surface area contributed by atoms with Crippen LogP contribution in [0.2, 0.25) is 0 Å². The third-order valence-electron chi connectivity index (χ3n) is 4.20. The molecular formula is C18H23N3O. The van der Waals surface area contributed by atoms with Gasteiger partial charge in [0.05, 0.1) is 5.69 Å². The smallest absolute Gasteiger partial charge is 0.231 e. The quantitative estimate of drug-likeness (QED) is 0.923. The minimum absolute atomic E-state index is 0.0160. The molecule has 2 heterocycles. The van der Waals surface area contributed by atoms with Gasteiger partial charge in [0.1, 0.15) is 5.82 Å². The zero-order chi connectivity index (χ0) is 16.3. The topological polar surface area (TPSA) is 54.9 Å². The Morgan fingerprint density at radius 2 is 2.00 bits per heavy atom. The Labute approximate surface area is 132 Å². The molecule has 2 rings (SSSR count). The average molecular weight is 297 g/mol. The fraction of sp³-hybridized carbons (Fsp3) is 0.389. The lowest BCUT2D eigenvalue weighted by Gasteiger charge is -2.21. The summed E-state index contributed by atoms with van der Waals surface area (Å²) in [6.07, 6.45) is 2.54. The number of hydrogen-bond acceptors (Lipinski definition) is 3. The first-order valence-electron chi connectivity index (χ1n) is 7.56. The Morgan fingerprint density at radius 1 is 1.27 bits per heavy atom. The summed E-state index contributed by atoms with van der Waals surface area (Å²) in [4.78, 5) is 21.2. The van der Waals surface area contributed by atoms with Crippen molar-refractivity contribution < 1.29 is 4.79 Å². The van der Waals surface area contributed by atoms with Crippen molar-refractivity contribution in [1.82, 2.24) is 9.97 Å². The van der Waals surface area contributed by atoms with Gasteiger partial charge in [0.15, 0.2) is 0 Å². The second-order valence-electron chi connectivity index (χ2n) is 6.17. The molecule has 22 heavy (non-hydrogen) atoms. The van der Waals surface area contributed by atoms with Gasteiger partial charge < -0.3 is 5.32 Å². The molecule has 0 bridgehead atoms. The van der Waals surface area contributed by atoms with E-state index in [1.54, 1.807) is 6.20 Å². The molecule has 0 unspecified atom stereocenters. The maximum absolute atomic E-state index is 12.3. The second kappa shape index (κ2) is 6.26. The second-order valence-corrected chi connectivity index (χ2v) is 6.17. The van der Waals surface area contributed by atoms with Gasteiger partial charge in [-0.05, 0) is 44.0 Å². The highest BCUT2D eigenvalue weighted by Crippen LogP contribution is 2.27. The molecule has 4 nitrogen and oxygen atoms in total. The van der Waals surface area contributed by atoms with Crippen LogP contribution < -0.4 is 5.32 Å². The van der Waals surface area contributed by atoms with E-state index in [1.807, 2.05) is 58.9 Å². The molecule has 1 amide bonds. The molecule has 0 saturated heterocycles. The Balaban J connectivity index is 2.39. The predicted molar refractivity (Wildman–Crippen MR) is 89.6 cm³/mol. The summed E-state index contributed by atoms with van der Waals surface area (Å²) >= 11 is 0. The van der Waals surface area contributed by atoms with Gasteiger partial charge in [-0.1, -0.05) is 26.8 Å². The standard InChI is InChI=1S/C18H23N3O/c1-6-18(4,5)17(22)21-16-11-14(12(2)13(3)20-16)15-9-7-8-10-19-15/h7-11H,6H2,1-5H3,(H,20,21,22). The molecule has 0 aliphatic rings. The van der Waals surface area contributed by atoms with E-state index >= 15 is 0 Å². The average Bonchev–Trinajstić information content (AvgIpc) is 2.51. The first-order chi connectivity index (χ1) is 10.3. The maximum Gasteiger partial charge on any atom is 0.231 e. The minimum Gasteiger partial charge on any atom is -0.310 e. The van der Waals surface area contributed by atoms with Crippen LogP contribution >= 0.6 is 0 Å². The largest absolute Gasteiger partial charge is 0.310 e. The van der Waals surface area contributed by atoms with E-state index in [0.29, 0.717) is 5.82 Å². The van der Waals surface area contributed by atoms with Crippen LogP contribution in [0.4, 0.5) is 5.82 Å². The molecule has 0 aromatic carbocycles. The number of pyridine rings is 2. The number of aryl methyl sites for hydroxylation is 1. The van der Waals surface area contributed by atoms with Crippen LogP contribution in [-0.4, -0.2) is 15.9 Å². The minimum atomic E-state index is -0.411. The summed E-state index contributed by atoms with van der Waals surface area (Å²) in [5.41, 5.74) is 3.44. The van der Waals surface area contributed by atoms with Crippen LogP contribution in [-0.2, 0) is 4.79 Å². The Bertz CT molecular complexity index is 678. The van der Waals surface area contributed by atoms with Crippen molar-refractivity contribution in [2.75, 3.05) is 5.32 Å². The summed E-state index contributed by atoms with van der Waals surface area (Å²) in [5.74, 6) is 0.563. The zero-order valence-corrected chi connectivity index (χ0v) is 13.9. The number of carbonyl (C=O) groups is 1. The summed E-state index contributed by atoms with van der Waals surface area (Å²) < 4.78 is 0. The number of hydrogen-bond donors (Lipinski definition) is 1. The number of aromatic nitrogens is 2. The molecule has 0 saturated carbocycles. The predicted octanol–water partition coefficient (Wildman–Crippen LogP) is 4.14. The summed E-state index contributed by atoms with van der Waals surface area (Å²) in [5, 5.41) is 2.93. The Kier molecular flexibility index (Phi) is 4.59. The van der Waals surface area contributed by atoms with E-state index in [9.17, 15) is 4.79 Å². The van der Waals surface area contributed by atoms with Crippen LogP contribution in [0.5, 0.6) is 0 Å². The van der Waals surface area contributed by atoms with Crippen molar-refractivity contribution in [3.05, 3.63) is 41.7 Å². The molecule has 116 valence electrons. The number of nitrogens with zero attached hydrogens (tertiary/aromatic N) is 2. The molecule has 0 atom stereocenters. The van der Waals surface area contributed by atoms with Crippen LogP contribution in [0.15, 0.2) is 30.5 Å². The van der Waals surface area contributed by atoms with Crippen molar-refractivity contribution in [3.63, 3.8) is 0 Å². The number of nitrogens with one attached hydrogen (secondary N) is 1. The first kappa shape index (κ1) is 16.1. The lowest BCUT2D eigenvalue weighted by molar-refractivity contribution is -0.124. The molecule has 0 fully saturated rings. The molecule has 1 N–H and O–H groups in total. The van der Waals surface area contributed by atoms with Gasteiger partial charge in [-0.3, -0.25) is 9.78 Å². The van der Waals surface area contributed by atoms with E-state index in [2.05, 4.69) is 15.3 Å². The van der Waals surface area contributed by atoms with Crippen molar-refractivity contribution in [3.8, 4) is 11.3 Å². The first-order valence-corrected chi connectivity index (χ1v) is 7.56. The van der Waals surface area contributed by atoms with Gasteiger partial charge in [0.25, 0.3) is 0 Å². The van der Waals surface area contributed by atoms with Crippen LogP contribution in [0.25, 0.3) is 11.3 Å². The van der Waals surface area contributed by atoms with E-state index in [0.717, 1.165) is 28.9 Å². The van der Waals surface area contributed by atoms with Gasteiger partial charge in [0.2, 0.25) is 5.91 Å². The molecule has 2 aromatic rings. The molecule has 0 aliphatic heterocycles. The van der Waals surface area contributed by atoms with E-state index in [4.69, 9.17) is 0 Å². The third kappa shape index (κ3) is 3.32. The lowest BCUT2D eigenvalue weighted by atomic mass is 9.89. The number of carbonyl (C=O) groups excluding carboxylic acids is 1. The van der Waals surface area contributed by atoms with E-state index in [-0.39, 0.29) is 5.91 Å². The fourth-order valence-electron chi connectivity index (χ4n) is 2.03. The third-order valence-corrected chi connectivity index (χ3v) is 4.20. The maximum atomic E-state index is 12.3. The van der Waals surface area contributed by atoms with Gasteiger partial charge >= 0.3 is 0 Å². The van der Waals surface area contributed by atoms with Gasteiger partial charge in [-0.25, -0.2) is 4.98 Å². The number of amides is 1. The van der Waals surface area contributed by atoms with Crippen molar-refractivity contribution in [1.29, 1.82) is 0 Å². The van der Waals surface area contributed by atoms with Gasteiger partial charge in [-0.2, -0.15) is 0 Å². The van der Waals surface area contributed by atoms with E-state index < -0.39 is 5.41 Å².